The summed E-state index contributed by atoms with van der Waals surface area (Å²) in [7, 11) is 0. The number of carbonyl (C=O) groups is 2. The smallest absolute Gasteiger partial charge is 0.324 e. The zero-order chi connectivity index (χ0) is 17.8. The maximum atomic E-state index is 12.7. The van der Waals surface area contributed by atoms with Crippen LogP contribution in [0.1, 0.15) is 29.4 Å². The summed E-state index contributed by atoms with van der Waals surface area (Å²) in [5.74, 6) is 0.000850. The van der Waals surface area contributed by atoms with Gasteiger partial charge in [-0.2, -0.15) is 0 Å². The molecule has 0 saturated carbocycles. The number of amides is 3. The van der Waals surface area contributed by atoms with Crippen LogP contribution in [-0.4, -0.2) is 35.5 Å². The number of anilines is 2. The van der Waals surface area contributed by atoms with Crippen molar-refractivity contribution >= 4 is 34.0 Å². The second kappa shape index (κ2) is 7.67. The molecular weight excluding hydrogens is 336 g/mol. The van der Waals surface area contributed by atoms with Crippen LogP contribution in [-0.2, 0) is 0 Å². The maximum Gasteiger partial charge on any atom is 0.324 e. The van der Waals surface area contributed by atoms with E-state index >= 15 is 0 Å². The molecule has 6 nitrogen and oxygen atoms in total. The number of nitrogens with two attached hydrogens (primary N) is 1. The largest absolute Gasteiger partial charge is 0.335 e. The molecule has 132 valence electrons. The van der Waals surface area contributed by atoms with E-state index in [9.17, 15) is 9.59 Å². The molecule has 4 N–H and O–H groups in total. The van der Waals surface area contributed by atoms with Crippen molar-refractivity contribution in [2.24, 2.45) is 5.73 Å². The van der Waals surface area contributed by atoms with Crippen molar-refractivity contribution in [1.29, 1.82) is 0 Å². The minimum atomic E-state index is -0.329. The summed E-state index contributed by atoms with van der Waals surface area (Å²) in [6, 6.07) is 12.7. The Morgan fingerprint density at radius 1 is 1.16 bits per heavy atom. The Kier molecular flexibility index (Phi) is 5.35. The van der Waals surface area contributed by atoms with E-state index in [4.69, 9.17) is 5.73 Å². The molecule has 2 aromatic rings. The molecule has 1 fully saturated rings. The molecule has 1 aliphatic rings. The van der Waals surface area contributed by atoms with Gasteiger partial charge in [0.25, 0.3) is 5.91 Å². The normalized spacial score (nSPS) is 20.2. The number of para-hydroxylation sites is 1. The molecule has 2 atom stereocenters. The molecule has 2 heterocycles. The number of likely N-dealkylation sites (tertiary alicyclic amines) is 1. The molecule has 0 unspecified atom stereocenters. The standard InChI is InChI=1S/C18H22N4O2S/c1-12-11-13(19)9-10-22(12)17(23)15-7-8-16(25-15)21-18(24)20-14-5-3-2-4-6-14/h2-8,12-13H,9-11,19H2,1H3,(H2,20,21,24)/t12-,13-/m1/s1. The quantitative estimate of drug-likeness (QED) is 0.786. The number of urea groups is 1. The minimum absolute atomic E-state index is 0.000850. The maximum absolute atomic E-state index is 12.7. The Morgan fingerprint density at radius 3 is 2.64 bits per heavy atom. The number of carbonyl (C=O) groups excluding carboxylic acids is 2. The number of nitrogens with zero attached hydrogens (tertiary/aromatic N) is 1. The molecule has 1 aromatic heterocycles. The topological polar surface area (TPSA) is 87.5 Å². The highest BCUT2D eigenvalue weighted by atomic mass is 32.1. The summed E-state index contributed by atoms with van der Waals surface area (Å²) in [5.41, 5.74) is 6.67. The molecule has 3 amide bonds. The Labute approximate surface area is 151 Å². The number of thiophene rings is 1. The highest BCUT2D eigenvalue weighted by Gasteiger charge is 2.28. The van der Waals surface area contributed by atoms with E-state index in [1.165, 1.54) is 11.3 Å². The lowest BCUT2D eigenvalue weighted by molar-refractivity contribution is 0.0624. The van der Waals surface area contributed by atoms with Crippen molar-refractivity contribution in [2.75, 3.05) is 17.2 Å². The molecule has 25 heavy (non-hydrogen) atoms. The van der Waals surface area contributed by atoms with Gasteiger partial charge in [-0.1, -0.05) is 18.2 Å². The van der Waals surface area contributed by atoms with Gasteiger partial charge in [-0.15, -0.1) is 11.3 Å². The molecule has 0 aliphatic carbocycles. The Morgan fingerprint density at radius 2 is 1.92 bits per heavy atom. The molecular formula is C18H22N4O2S. The van der Waals surface area contributed by atoms with Crippen LogP contribution in [0, 0.1) is 0 Å². The molecule has 3 rings (SSSR count). The monoisotopic (exact) mass is 358 g/mol. The van der Waals surface area contributed by atoms with Crippen LogP contribution in [0.15, 0.2) is 42.5 Å². The Hall–Kier alpha value is -2.38. The highest BCUT2D eigenvalue weighted by molar-refractivity contribution is 7.18. The molecule has 0 spiro atoms. The van der Waals surface area contributed by atoms with Gasteiger partial charge in [-0.25, -0.2) is 4.79 Å². The van der Waals surface area contributed by atoms with Crippen molar-refractivity contribution < 1.29 is 9.59 Å². The summed E-state index contributed by atoms with van der Waals surface area (Å²) >= 11 is 1.28. The summed E-state index contributed by atoms with van der Waals surface area (Å²) in [4.78, 5) is 27.2. The summed E-state index contributed by atoms with van der Waals surface area (Å²) in [5, 5.41) is 6.15. The first-order valence-electron chi connectivity index (χ1n) is 8.32. The van der Waals surface area contributed by atoms with Gasteiger partial charge in [-0.3, -0.25) is 10.1 Å². The van der Waals surface area contributed by atoms with Crippen LogP contribution >= 0.6 is 11.3 Å². The third-order valence-corrected chi connectivity index (χ3v) is 5.25. The molecule has 1 aliphatic heterocycles. The highest BCUT2D eigenvalue weighted by Crippen LogP contribution is 2.26. The zero-order valence-corrected chi connectivity index (χ0v) is 14.9. The number of hydrogen-bond donors (Lipinski definition) is 3. The second-order valence-corrected chi connectivity index (χ2v) is 7.32. The molecule has 0 radical (unpaired) electrons. The van der Waals surface area contributed by atoms with Crippen molar-refractivity contribution in [3.63, 3.8) is 0 Å². The van der Waals surface area contributed by atoms with E-state index in [1.807, 2.05) is 42.2 Å². The van der Waals surface area contributed by atoms with Gasteiger partial charge in [0, 0.05) is 24.3 Å². The second-order valence-electron chi connectivity index (χ2n) is 6.24. The van der Waals surface area contributed by atoms with E-state index < -0.39 is 0 Å². The van der Waals surface area contributed by atoms with Gasteiger partial charge >= 0.3 is 6.03 Å². The van der Waals surface area contributed by atoms with Crippen molar-refractivity contribution in [2.45, 2.75) is 31.8 Å². The van der Waals surface area contributed by atoms with Crippen LogP contribution in [0.5, 0.6) is 0 Å². The molecule has 7 heteroatoms. The SMILES string of the molecule is C[C@@H]1C[C@H](N)CCN1C(=O)c1ccc(NC(=O)Nc2ccccc2)s1. The number of benzene rings is 1. The lowest BCUT2D eigenvalue weighted by Gasteiger charge is -2.36. The van der Waals surface area contributed by atoms with Crippen molar-refractivity contribution in [3.05, 3.63) is 47.3 Å². The van der Waals surface area contributed by atoms with Gasteiger partial charge in [0.2, 0.25) is 0 Å². The summed E-state index contributed by atoms with van der Waals surface area (Å²) in [6.45, 7) is 2.70. The number of rotatable bonds is 3. The predicted molar refractivity (Wildman–Crippen MR) is 101 cm³/mol. The van der Waals surface area contributed by atoms with E-state index in [1.54, 1.807) is 12.1 Å². The fraction of sp³-hybridized carbons (Fsp3) is 0.333. The molecule has 1 aromatic carbocycles. The fourth-order valence-electron chi connectivity index (χ4n) is 2.97. The van der Waals surface area contributed by atoms with Crippen molar-refractivity contribution in [1.82, 2.24) is 4.90 Å². The van der Waals surface area contributed by atoms with E-state index in [-0.39, 0.29) is 24.0 Å². The van der Waals surface area contributed by atoms with E-state index in [0.29, 0.717) is 22.1 Å². The Balaban J connectivity index is 1.60. The lowest BCUT2D eigenvalue weighted by Crippen LogP contribution is -2.48. The first kappa shape index (κ1) is 17.4. The number of piperidine rings is 1. The minimum Gasteiger partial charge on any atom is -0.335 e. The van der Waals surface area contributed by atoms with Gasteiger partial charge in [0.1, 0.15) is 0 Å². The third kappa shape index (κ3) is 4.37. The van der Waals surface area contributed by atoms with E-state index in [2.05, 4.69) is 10.6 Å². The van der Waals surface area contributed by atoms with Crippen LogP contribution < -0.4 is 16.4 Å². The Bertz CT molecular complexity index is 747. The third-order valence-electron chi connectivity index (χ3n) is 4.26. The number of nitrogens with one attached hydrogen (secondary N) is 2. The average Bonchev–Trinajstić information content (AvgIpc) is 3.03. The van der Waals surface area contributed by atoms with Gasteiger partial charge in [0.15, 0.2) is 0 Å². The van der Waals surface area contributed by atoms with Gasteiger partial charge < -0.3 is 16.0 Å². The molecule has 1 saturated heterocycles. The predicted octanol–water partition coefficient (Wildman–Crippen LogP) is 3.34. The zero-order valence-electron chi connectivity index (χ0n) is 14.1. The van der Waals surface area contributed by atoms with E-state index in [0.717, 1.165) is 12.8 Å². The first-order valence-corrected chi connectivity index (χ1v) is 9.14. The van der Waals surface area contributed by atoms with Crippen molar-refractivity contribution in [3.8, 4) is 0 Å². The van der Waals surface area contributed by atoms with Gasteiger partial charge in [-0.05, 0) is 44.0 Å². The lowest BCUT2D eigenvalue weighted by atomic mass is 9.99. The summed E-state index contributed by atoms with van der Waals surface area (Å²) in [6.07, 6.45) is 1.65. The van der Waals surface area contributed by atoms with Crippen LogP contribution in [0.3, 0.4) is 0 Å². The fourth-order valence-corrected chi connectivity index (χ4v) is 3.82. The summed E-state index contributed by atoms with van der Waals surface area (Å²) < 4.78 is 0. The number of hydrogen-bond acceptors (Lipinski definition) is 4. The van der Waals surface area contributed by atoms with Crippen LogP contribution in [0.2, 0.25) is 0 Å². The first-order chi connectivity index (χ1) is 12.0. The van der Waals surface area contributed by atoms with Crippen LogP contribution in [0.4, 0.5) is 15.5 Å². The average molecular weight is 358 g/mol. The van der Waals surface area contributed by atoms with Crippen LogP contribution in [0.25, 0.3) is 0 Å². The molecule has 0 bridgehead atoms. The van der Waals surface area contributed by atoms with Gasteiger partial charge in [0.05, 0.1) is 9.88 Å².